The van der Waals surface area contributed by atoms with Crippen LogP contribution in [0.25, 0.3) is 0 Å². The lowest BCUT2D eigenvalue weighted by atomic mass is 9.89. The van der Waals surface area contributed by atoms with Crippen LogP contribution in [-0.4, -0.2) is 17.8 Å². The van der Waals surface area contributed by atoms with E-state index in [0.717, 1.165) is 30.2 Å². The van der Waals surface area contributed by atoms with Crippen LogP contribution < -0.4 is 5.32 Å². The van der Waals surface area contributed by atoms with Crippen molar-refractivity contribution in [2.45, 2.75) is 32.4 Å². The van der Waals surface area contributed by atoms with Crippen LogP contribution in [0.1, 0.15) is 23.9 Å². The second-order valence-electron chi connectivity index (χ2n) is 5.57. The van der Waals surface area contributed by atoms with E-state index in [4.69, 9.17) is 9.47 Å². The topological polar surface area (TPSA) is 43.4 Å². The van der Waals surface area contributed by atoms with E-state index in [1.54, 1.807) is 17.6 Å². The van der Waals surface area contributed by atoms with E-state index >= 15 is 0 Å². The third-order valence-electron chi connectivity index (χ3n) is 4.08. The molecule has 1 aromatic carbocycles. The number of ether oxygens (including phenoxy) is 2. The predicted molar refractivity (Wildman–Crippen MR) is 91.8 cm³/mol. The molecule has 2 heterocycles. The normalized spacial score (nSPS) is 16.3. The first-order valence-electron chi connectivity index (χ1n) is 7.97. The van der Waals surface area contributed by atoms with Crippen LogP contribution in [0.15, 0.2) is 53.9 Å². The standard InChI is InChI=1S/C18H22N2O2S/c1-2-16(20-11-18-19-8-9-23-18)15(17-12-21-13-22-17)10-14-6-4-3-5-7-14/h3-9,12,15-16,20H,2,10-11,13H2,1H3. The van der Waals surface area contributed by atoms with Crippen LogP contribution in [0, 0.1) is 5.92 Å². The summed E-state index contributed by atoms with van der Waals surface area (Å²) in [5.41, 5.74) is 1.31. The van der Waals surface area contributed by atoms with Gasteiger partial charge in [0.25, 0.3) is 0 Å². The minimum atomic E-state index is 0.255. The van der Waals surface area contributed by atoms with Crippen LogP contribution in [-0.2, 0) is 22.4 Å². The summed E-state index contributed by atoms with van der Waals surface area (Å²) in [6.45, 7) is 3.31. The fraction of sp³-hybridized carbons (Fsp3) is 0.389. The maximum Gasteiger partial charge on any atom is 0.229 e. The van der Waals surface area contributed by atoms with Gasteiger partial charge in [-0.2, -0.15) is 0 Å². The Balaban J connectivity index is 1.72. The minimum Gasteiger partial charge on any atom is -0.462 e. The number of nitrogens with zero attached hydrogens (tertiary/aromatic N) is 1. The molecule has 1 aliphatic rings. The first kappa shape index (κ1) is 16.0. The molecule has 0 fully saturated rings. The molecular formula is C18H22N2O2S. The molecule has 2 unspecified atom stereocenters. The molecule has 0 aliphatic carbocycles. The lowest BCUT2D eigenvalue weighted by Gasteiger charge is -2.27. The Morgan fingerprint density at radius 2 is 2.17 bits per heavy atom. The molecule has 3 rings (SSSR count). The molecule has 122 valence electrons. The SMILES string of the molecule is CCC(NCc1nccs1)C(Cc1ccccc1)C1=COCO1. The first-order valence-corrected chi connectivity index (χ1v) is 8.85. The zero-order chi connectivity index (χ0) is 15.9. The summed E-state index contributed by atoms with van der Waals surface area (Å²) < 4.78 is 11.0. The molecule has 1 aliphatic heterocycles. The van der Waals surface area contributed by atoms with E-state index in [2.05, 4.69) is 41.5 Å². The van der Waals surface area contributed by atoms with Crippen LogP contribution in [0.5, 0.6) is 0 Å². The van der Waals surface area contributed by atoms with Crippen LogP contribution in [0.4, 0.5) is 0 Å². The molecule has 0 bridgehead atoms. The molecule has 5 heteroatoms. The van der Waals surface area contributed by atoms with Crippen molar-refractivity contribution in [3.8, 4) is 0 Å². The molecular weight excluding hydrogens is 308 g/mol. The first-order chi connectivity index (χ1) is 11.4. The summed E-state index contributed by atoms with van der Waals surface area (Å²) in [4.78, 5) is 4.35. The third-order valence-corrected chi connectivity index (χ3v) is 4.86. The zero-order valence-electron chi connectivity index (χ0n) is 13.3. The average Bonchev–Trinajstić information content (AvgIpc) is 3.29. The van der Waals surface area contributed by atoms with Gasteiger partial charge in [-0.25, -0.2) is 4.98 Å². The number of hydrogen-bond acceptors (Lipinski definition) is 5. The van der Waals surface area contributed by atoms with Gasteiger partial charge in [-0.15, -0.1) is 11.3 Å². The molecule has 0 radical (unpaired) electrons. The van der Waals surface area contributed by atoms with Crippen molar-refractivity contribution < 1.29 is 9.47 Å². The second kappa shape index (κ2) is 8.13. The summed E-state index contributed by atoms with van der Waals surface area (Å²) in [7, 11) is 0. The molecule has 2 aromatic rings. The maximum absolute atomic E-state index is 5.69. The minimum absolute atomic E-state index is 0.255. The van der Waals surface area contributed by atoms with Crippen molar-refractivity contribution in [2.24, 2.45) is 5.92 Å². The predicted octanol–water partition coefficient (Wildman–Crippen LogP) is 3.72. The fourth-order valence-electron chi connectivity index (χ4n) is 2.89. The quantitative estimate of drug-likeness (QED) is 0.801. The lowest BCUT2D eigenvalue weighted by Crippen LogP contribution is -2.37. The highest BCUT2D eigenvalue weighted by Crippen LogP contribution is 2.27. The van der Waals surface area contributed by atoms with Gasteiger partial charge in [-0.3, -0.25) is 0 Å². The number of benzene rings is 1. The number of thiazole rings is 1. The summed E-state index contributed by atoms with van der Waals surface area (Å²) in [6, 6.07) is 10.8. The Labute approximate surface area is 141 Å². The molecule has 0 amide bonds. The molecule has 23 heavy (non-hydrogen) atoms. The van der Waals surface area contributed by atoms with Gasteiger partial charge in [0.1, 0.15) is 17.0 Å². The van der Waals surface area contributed by atoms with Crippen LogP contribution in [0.3, 0.4) is 0 Å². The van der Waals surface area contributed by atoms with E-state index in [0.29, 0.717) is 12.8 Å². The monoisotopic (exact) mass is 330 g/mol. The molecule has 1 aromatic heterocycles. The number of aromatic nitrogens is 1. The molecule has 0 saturated heterocycles. The van der Waals surface area contributed by atoms with E-state index in [1.807, 2.05) is 17.6 Å². The van der Waals surface area contributed by atoms with Gasteiger partial charge >= 0.3 is 0 Å². The van der Waals surface area contributed by atoms with E-state index in [9.17, 15) is 0 Å². The van der Waals surface area contributed by atoms with E-state index in [1.165, 1.54) is 5.56 Å². The van der Waals surface area contributed by atoms with Crippen molar-refractivity contribution in [1.82, 2.24) is 10.3 Å². The van der Waals surface area contributed by atoms with Gasteiger partial charge in [0, 0.05) is 30.1 Å². The Hall–Kier alpha value is -1.85. The van der Waals surface area contributed by atoms with Gasteiger partial charge in [0.2, 0.25) is 6.79 Å². The van der Waals surface area contributed by atoms with Crippen molar-refractivity contribution >= 4 is 11.3 Å². The number of nitrogens with one attached hydrogen (secondary N) is 1. The highest BCUT2D eigenvalue weighted by atomic mass is 32.1. The van der Waals surface area contributed by atoms with Crippen molar-refractivity contribution in [3.05, 3.63) is 64.5 Å². The highest BCUT2D eigenvalue weighted by Gasteiger charge is 2.28. The van der Waals surface area contributed by atoms with Crippen LogP contribution in [0.2, 0.25) is 0 Å². The van der Waals surface area contributed by atoms with Gasteiger partial charge in [0.05, 0.1) is 0 Å². The molecule has 2 atom stereocenters. The highest BCUT2D eigenvalue weighted by molar-refractivity contribution is 7.09. The second-order valence-corrected chi connectivity index (χ2v) is 6.55. The number of rotatable bonds is 8. The maximum atomic E-state index is 5.69. The van der Waals surface area contributed by atoms with E-state index < -0.39 is 0 Å². The van der Waals surface area contributed by atoms with Crippen molar-refractivity contribution in [2.75, 3.05) is 6.79 Å². The Bertz CT molecular complexity index is 613. The largest absolute Gasteiger partial charge is 0.462 e. The Morgan fingerprint density at radius 1 is 1.30 bits per heavy atom. The molecule has 0 saturated carbocycles. The smallest absolute Gasteiger partial charge is 0.229 e. The number of hydrogen-bond donors (Lipinski definition) is 1. The van der Waals surface area contributed by atoms with Gasteiger partial charge in [-0.05, 0) is 18.4 Å². The summed E-state index contributed by atoms with van der Waals surface area (Å²) in [5, 5.41) is 6.76. The molecule has 4 nitrogen and oxygen atoms in total. The summed E-state index contributed by atoms with van der Waals surface area (Å²) >= 11 is 1.68. The summed E-state index contributed by atoms with van der Waals surface area (Å²) in [6.07, 6.45) is 5.56. The van der Waals surface area contributed by atoms with E-state index in [-0.39, 0.29) is 5.92 Å². The van der Waals surface area contributed by atoms with Gasteiger partial charge in [0.15, 0.2) is 0 Å². The van der Waals surface area contributed by atoms with Crippen molar-refractivity contribution in [3.63, 3.8) is 0 Å². The van der Waals surface area contributed by atoms with Gasteiger partial charge < -0.3 is 14.8 Å². The lowest BCUT2D eigenvalue weighted by molar-refractivity contribution is 0.0664. The Kier molecular flexibility index (Phi) is 5.66. The zero-order valence-corrected chi connectivity index (χ0v) is 14.1. The Morgan fingerprint density at radius 3 is 2.83 bits per heavy atom. The van der Waals surface area contributed by atoms with Gasteiger partial charge in [-0.1, -0.05) is 37.3 Å². The van der Waals surface area contributed by atoms with Crippen LogP contribution >= 0.6 is 11.3 Å². The molecule has 1 N–H and O–H groups in total. The average molecular weight is 330 g/mol. The third kappa shape index (κ3) is 4.33. The summed E-state index contributed by atoms with van der Waals surface area (Å²) in [5.74, 6) is 1.19. The van der Waals surface area contributed by atoms with Crippen molar-refractivity contribution in [1.29, 1.82) is 0 Å². The fourth-order valence-corrected chi connectivity index (χ4v) is 3.45. The molecule has 0 spiro atoms.